The molecule has 3 aromatic rings. The first-order valence-electron chi connectivity index (χ1n) is 9.81. The van der Waals surface area contributed by atoms with Gasteiger partial charge in [0, 0.05) is 5.56 Å². The van der Waals surface area contributed by atoms with Gasteiger partial charge in [0.1, 0.15) is 0 Å². The molecule has 3 atom stereocenters. The summed E-state index contributed by atoms with van der Waals surface area (Å²) in [4.78, 5) is 0. The molecule has 6 heteroatoms. The lowest BCUT2D eigenvalue weighted by molar-refractivity contribution is 0.384. The van der Waals surface area contributed by atoms with Gasteiger partial charge in [0.25, 0.3) is 0 Å². The number of tetrazole rings is 1. The Kier molecular flexibility index (Phi) is 5.37. The van der Waals surface area contributed by atoms with Crippen molar-refractivity contribution in [2.75, 3.05) is 7.11 Å². The fraction of sp³-hybridized carbons (Fsp3) is 0.409. The van der Waals surface area contributed by atoms with Crippen molar-refractivity contribution >= 4 is 0 Å². The molecule has 1 unspecified atom stereocenters. The summed E-state index contributed by atoms with van der Waals surface area (Å²) in [5, 5.41) is 14.1. The molecule has 1 fully saturated rings. The van der Waals surface area contributed by atoms with Gasteiger partial charge in [-0.15, -0.1) is 10.2 Å². The molecule has 1 aliphatic carbocycles. The van der Waals surface area contributed by atoms with Crippen LogP contribution in [0, 0.1) is 11.7 Å². The summed E-state index contributed by atoms with van der Waals surface area (Å²) in [5.74, 6) is 2.32. The molecule has 1 aromatic heterocycles. The van der Waals surface area contributed by atoms with Gasteiger partial charge in [-0.3, -0.25) is 0 Å². The fourth-order valence-corrected chi connectivity index (χ4v) is 4.40. The van der Waals surface area contributed by atoms with E-state index in [4.69, 9.17) is 4.74 Å². The molecule has 1 N–H and O–H groups in total. The summed E-state index contributed by atoms with van der Waals surface area (Å²) >= 11 is 0. The number of aromatic nitrogens is 4. The topological polar surface area (TPSA) is 63.7 Å². The van der Waals surface area contributed by atoms with Crippen LogP contribution >= 0.6 is 0 Å². The van der Waals surface area contributed by atoms with E-state index < -0.39 is 0 Å². The number of nitrogens with one attached hydrogen (secondary N) is 1. The highest BCUT2D eigenvalue weighted by Crippen LogP contribution is 2.43. The lowest BCUT2D eigenvalue weighted by Crippen LogP contribution is -2.03. The zero-order chi connectivity index (χ0) is 19.5. The van der Waals surface area contributed by atoms with Gasteiger partial charge in [0.05, 0.1) is 7.11 Å². The smallest absolute Gasteiger partial charge is 0.204 e. The molecular weight excluding hydrogens is 355 g/mol. The number of H-pyrrole nitrogens is 1. The number of aromatic amines is 1. The summed E-state index contributed by atoms with van der Waals surface area (Å²) in [6.07, 6.45) is 4.77. The second-order valence-corrected chi connectivity index (χ2v) is 7.76. The van der Waals surface area contributed by atoms with Crippen LogP contribution in [-0.4, -0.2) is 27.7 Å². The van der Waals surface area contributed by atoms with Crippen LogP contribution in [0.1, 0.15) is 55.6 Å². The molecule has 1 heterocycles. The quantitative estimate of drug-likeness (QED) is 0.647. The van der Waals surface area contributed by atoms with Gasteiger partial charge in [-0.05, 0) is 71.9 Å². The summed E-state index contributed by atoms with van der Waals surface area (Å²) in [5.41, 5.74) is 3.50. The Morgan fingerprint density at radius 2 is 2.00 bits per heavy atom. The molecule has 0 saturated heterocycles. The Hall–Kier alpha value is -2.76. The zero-order valence-electron chi connectivity index (χ0n) is 16.2. The first-order chi connectivity index (χ1) is 13.6. The Morgan fingerprint density at radius 3 is 2.71 bits per heavy atom. The maximum Gasteiger partial charge on any atom is 0.204 e. The van der Waals surface area contributed by atoms with E-state index in [1.165, 1.54) is 38.0 Å². The third-order valence-corrected chi connectivity index (χ3v) is 5.96. The molecule has 146 valence electrons. The molecule has 0 bridgehead atoms. The van der Waals surface area contributed by atoms with E-state index in [0.717, 1.165) is 17.5 Å². The van der Waals surface area contributed by atoms with Crippen molar-refractivity contribution in [1.29, 1.82) is 0 Å². The number of nitrogens with zero attached hydrogens (tertiary/aromatic N) is 3. The minimum Gasteiger partial charge on any atom is -0.494 e. The Bertz CT molecular complexity index is 911. The molecule has 1 aliphatic rings. The number of ether oxygens (including phenoxy) is 1. The number of rotatable bonds is 6. The number of hydrogen-bond donors (Lipinski definition) is 1. The Balaban J connectivity index is 1.37. The van der Waals surface area contributed by atoms with Gasteiger partial charge in [-0.2, -0.15) is 5.21 Å². The maximum atomic E-state index is 13.7. The van der Waals surface area contributed by atoms with Gasteiger partial charge < -0.3 is 4.74 Å². The van der Waals surface area contributed by atoms with Crippen molar-refractivity contribution in [2.45, 2.75) is 44.4 Å². The summed E-state index contributed by atoms with van der Waals surface area (Å²) < 4.78 is 18.8. The maximum absolute atomic E-state index is 13.7. The molecular formula is C22H25FN4O. The van der Waals surface area contributed by atoms with Gasteiger partial charge in [-0.25, -0.2) is 4.39 Å². The summed E-state index contributed by atoms with van der Waals surface area (Å²) in [6.45, 7) is 2.22. The van der Waals surface area contributed by atoms with E-state index in [0.29, 0.717) is 29.3 Å². The molecule has 0 spiro atoms. The van der Waals surface area contributed by atoms with E-state index in [1.54, 1.807) is 0 Å². The van der Waals surface area contributed by atoms with Crippen molar-refractivity contribution in [3.8, 4) is 17.1 Å². The second kappa shape index (κ2) is 8.09. The minimum atomic E-state index is -0.302. The predicted octanol–water partition coefficient (Wildman–Crippen LogP) is 5.09. The van der Waals surface area contributed by atoms with Crippen molar-refractivity contribution in [3.63, 3.8) is 0 Å². The summed E-state index contributed by atoms with van der Waals surface area (Å²) in [6, 6.07) is 13.7. The fourth-order valence-electron chi connectivity index (χ4n) is 4.40. The highest BCUT2D eigenvalue weighted by atomic mass is 19.1. The van der Waals surface area contributed by atoms with Crippen LogP contribution in [0.5, 0.6) is 5.75 Å². The van der Waals surface area contributed by atoms with E-state index in [1.807, 2.05) is 12.1 Å². The van der Waals surface area contributed by atoms with E-state index >= 15 is 0 Å². The number of benzene rings is 2. The van der Waals surface area contributed by atoms with Crippen LogP contribution in [0.4, 0.5) is 4.39 Å². The van der Waals surface area contributed by atoms with Gasteiger partial charge in [0.15, 0.2) is 11.6 Å². The van der Waals surface area contributed by atoms with Crippen LogP contribution < -0.4 is 4.74 Å². The lowest BCUT2D eigenvalue weighted by atomic mass is 9.88. The normalized spacial score (nSPS) is 20.2. The van der Waals surface area contributed by atoms with Crippen molar-refractivity contribution in [3.05, 3.63) is 59.4 Å². The van der Waals surface area contributed by atoms with E-state index in [-0.39, 0.29) is 5.82 Å². The molecule has 0 aliphatic heterocycles. The van der Waals surface area contributed by atoms with E-state index in [9.17, 15) is 4.39 Å². The van der Waals surface area contributed by atoms with Crippen LogP contribution in [0.25, 0.3) is 11.4 Å². The van der Waals surface area contributed by atoms with Crippen LogP contribution in [0.2, 0.25) is 0 Å². The van der Waals surface area contributed by atoms with Crippen LogP contribution in [0.15, 0.2) is 42.5 Å². The molecule has 2 aromatic carbocycles. The molecule has 0 radical (unpaired) electrons. The average molecular weight is 380 g/mol. The Labute approximate surface area is 164 Å². The van der Waals surface area contributed by atoms with Gasteiger partial charge in [0.2, 0.25) is 5.82 Å². The average Bonchev–Trinajstić information content (AvgIpc) is 3.41. The number of hydrogen-bond acceptors (Lipinski definition) is 4. The van der Waals surface area contributed by atoms with E-state index in [2.05, 4.69) is 51.8 Å². The Morgan fingerprint density at radius 1 is 1.18 bits per heavy atom. The largest absolute Gasteiger partial charge is 0.494 e. The van der Waals surface area contributed by atoms with Gasteiger partial charge >= 0.3 is 0 Å². The van der Waals surface area contributed by atoms with Crippen molar-refractivity contribution in [2.24, 2.45) is 5.92 Å². The third-order valence-electron chi connectivity index (χ3n) is 5.96. The first kappa shape index (κ1) is 18.6. The SMILES string of the molecule is COc1cc([C@@H](C)CC2CC[C@H](c3ccc(-c4nn[nH]n4)cc3)C2)ccc1F. The lowest BCUT2D eigenvalue weighted by Gasteiger charge is -2.18. The minimum absolute atomic E-state index is 0.302. The third kappa shape index (κ3) is 3.91. The van der Waals surface area contributed by atoms with Crippen molar-refractivity contribution in [1.82, 2.24) is 20.6 Å². The molecule has 5 nitrogen and oxygen atoms in total. The van der Waals surface area contributed by atoms with Crippen LogP contribution in [0.3, 0.4) is 0 Å². The standard InChI is InChI=1S/C22H25FN4O/c1-14(18-9-10-20(23)21(13-18)28-2)11-15-3-4-19(12-15)16-5-7-17(8-6-16)22-24-26-27-25-22/h5-10,13-15,19H,3-4,11-12H2,1-2H3,(H,24,25,26,27)/t14-,15?,19-/m0/s1. The first-order valence-corrected chi connectivity index (χ1v) is 9.81. The van der Waals surface area contributed by atoms with Crippen molar-refractivity contribution < 1.29 is 9.13 Å². The van der Waals surface area contributed by atoms with Crippen LogP contribution in [-0.2, 0) is 0 Å². The zero-order valence-corrected chi connectivity index (χ0v) is 16.2. The number of halogens is 1. The molecule has 1 saturated carbocycles. The monoisotopic (exact) mass is 380 g/mol. The summed E-state index contributed by atoms with van der Waals surface area (Å²) in [7, 11) is 1.51. The highest BCUT2D eigenvalue weighted by Gasteiger charge is 2.27. The molecule has 28 heavy (non-hydrogen) atoms. The number of methoxy groups -OCH3 is 1. The molecule has 0 amide bonds. The second-order valence-electron chi connectivity index (χ2n) is 7.76. The predicted molar refractivity (Wildman–Crippen MR) is 106 cm³/mol. The van der Waals surface area contributed by atoms with Gasteiger partial charge in [-0.1, -0.05) is 37.3 Å². The highest BCUT2D eigenvalue weighted by molar-refractivity contribution is 5.54. The molecule has 4 rings (SSSR count).